The van der Waals surface area contributed by atoms with Crippen LogP contribution in [0, 0.1) is 0 Å². The highest BCUT2D eigenvalue weighted by Crippen LogP contribution is 2.00. The molecule has 3 heteroatoms. The van der Waals surface area contributed by atoms with Crippen molar-refractivity contribution in [3.8, 4) is 0 Å². The van der Waals surface area contributed by atoms with Crippen LogP contribution in [0.4, 0.5) is 0 Å². The van der Waals surface area contributed by atoms with Gasteiger partial charge in [-0.2, -0.15) is 0 Å². The van der Waals surface area contributed by atoms with Crippen molar-refractivity contribution in [1.29, 1.82) is 0 Å². The van der Waals surface area contributed by atoms with Gasteiger partial charge in [-0.25, -0.2) is 0 Å². The minimum Gasteiger partial charge on any atom is -0.396 e. The van der Waals surface area contributed by atoms with Crippen molar-refractivity contribution in [2.45, 2.75) is 25.9 Å². The van der Waals surface area contributed by atoms with Crippen LogP contribution in [0.1, 0.15) is 24.8 Å². The molecule has 0 bridgehead atoms. The molecule has 0 aliphatic carbocycles. The Bertz CT molecular complexity index is 261. The molecule has 3 nitrogen and oxygen atoms in total. The quantitative estimate of drug-likeness (QED) is 0.636. The Morgan fingerprint density at radius 2 is 1.59 bits per heavy atom. The van der Waals surface area contributed by atoms with E-state index >= 15 is 0 Å². The Hall–Kier alpha value is -0.900. The van der Waals surface area contributed by atoms with Gasteiger partial charge in [0.25, 0.3) is 0 Å². The monoisotopic (exact) mass is 238 g/mol. The van der Waals surface area contributed by atoms with E-state index in [4.69, 9.17) is 14.6 Å². The lowest BCUT2D eigenvalue weighted by atomic mass is 10.2. The second-order valence-corrected chi connectivity index (χ2v) is 3.93. The van der Waals surface area contributed by atoms with Crippen LogP contribution >= 0.6 is 0 Å². The first kappa shape index (κ1) is 14.2. The minimum atomic E-state index is 0.278. The third-order valence-electron chi connectivity index (χ3n) is 2.43. The molecule has 0 unspecified atom stereocenters. The number of unbranched alkanes of at least 4 members (excludes halogenated alkanes) is 2. The number of rotatable bonds is 10. The number of aliphatic hydroxyl groups excluding tert-OH is 1. The van der Waals surface area contributed by atoms with Crippen molar-refractivity contribution < 1.29 is 14.6 Å². The van der Waals surface area contributed by atoms with Gasteiger partial charge in [0.15, 0.2) is 0 Å². The highest BCUT2D eigenvalue weighted by Gasteiger charge is 1.93. The molecule has 0 heterocycles. The Balaban J connectivity index is 1.85. The van der Waals surface area contributed by atoms with Gasteiger partial charge in [0.1, 0.15) is 0 Å². The summed E-state index contributed by atoms with van der Waals surface area (Å²) >= 11 is 0. The van der Waals surface area contributed by atoms with E-state index < -0.39 is 0 Å². The maximum absolute atomic E-state index is 8.59. The van der Waals surface area contributed by atoms with Gasteiger partial charge in [-0.15, -0.1) is 0 Å². The summed E-state index contributed by atoms with van der Waals surface area (Å²) in [6, 6.07) is 10.1. The topological polar surface area (TPSA) is 38.7 Å². The largest absolute Gasteiger partial charge is 0.396 e. The molecule has 1 N–H and O–H groups in total. The first-order valence-electron chi connectivity index (χ1n) is 6.24. The molecule has 0 saturated heterocycles. The number of benzene rings is 1. The smallest absolute Gasteiger partial charge is 0.0718 e. The van der Waals surface area contributed by atoms with Crippen LogP contribution < -0.4 is 0 Å². The molecular formula is C14H22O3. The van der Waals surface area contributed by atoms with Crippen LogP contribution in [-0.2, 0) is 16.1 Å². The van der Waals surface area contributed by atoms with Crippen LogP contribution in [0.3, 0.4) is 0 Å². The third kappa shape index (κ3) is 7.91. The molecule has 0 aliphatic heterocycles. The molecule has 96 valence electrons. The van der Waals surface area contributed by atoms with Gasteiger partial charge >= 0.3 is 0 Å². The van der Waals surface area contributed by atoms with Crippen LogP contribution in [0.15, 0.2) is 30.3 Å². The fraction of sp³-hybridized carbons (Fsp3) is 0.571. The van der Waals surface area contributed by atoms with Gasteiger partial charge in [0, 0.05) is 13.2 Å². The second-order valence-electron chi connectivity index (χ2n) is 3.93. The highest BCUT2D eigenvalue weighted by atomic mass is 16.5. The van der Waals surface area contributed by atoms with E-state index in [9.17, 15) is 0 Å². The summed E-state index contributed by atoms with van der Waals surface area (Å²) in [5.41, 5.74) is 1.19. The minimum absolute atomic E-state index is 0.278. The van der Waals surface area contributed by atoms with Crippen molar-refractivity contribution in [2.75, 3.05) is 26.4 Å². The van der Waals surface area contributed by atoms with Crippen LogP contribution in [-0.4, -0.2) is 31.5 Å². The SMILES string of the molecule is OCCCCCOCCOCc1ccccc1. The van der Waals surface area contributed by atoms with Gasteiger partial charge in [0.05, 0.1) is 19.8 Å². The van der Waals surface area contributed by atoms with Gasteiger partial charge in [-0.3, -0.25) is 0 Å². The molecule has 0 saturated carbocycles. The van der Waals surface area contributed by atoms with E-state index in [1.165, 1.54) is 5.56 Å². The molecule has 0 aromatic heterocycles. The normalized spacial score (nSPS) is 10.6. The molecule has 0 atom stereocenters. The number of hydrogen-bond donors (Lipinski definition) is 1. The fourth-order valence-corrected chi connectivity index (χ4v) is 1.48. The summed E-state index contributed by atoms with van der Waals surface area (Å²) in [7, 11) is 0. The van der Waals surface area contributed by atoms with Crippen LogP contribution in [0.5, 0.6) is 0 Å². The zero-order chi connectivity index (χ0) is 12.2. The van der Waals surface area contributed by atoms with Gasteiger partial charge in [-0.05, 0) is 24.8 Å². The van der Waals surface area contributed by atoms with Gasteiger partial charge in [-0.1, -0.05) is 30.3 Å². The van der Waals surface area contributed by atoms with Crippen molar-refractivity contribution >= 4 is 0 Å². The molecule has 0 fully saturated rings. The van der Waals surface area contributed by atoms with Crippen molar-refractivity contribution in [3.63, 3.8) is 0 Å². The lowest BCUT2D eigenvalue weighted by Crippen LogP contribution is -2.05. The third-order valence-corrected chi connectivity index (χ3v) is 2.43. The lowest BCUT2D eigenvalue weighted by Gasteiger charge is -2.05. The molecule has 0 aliphatic rings. The average Bonchev–Trinajstić information content (AvgIpc) is 2.38. The van der Waals surface area contributed by atoms with Crippen LogP contribution in [0.2, 0.25) is 0 Å². The molecular weight excluding hydrogens is 216 g/mol. The molecule has 0 amide bonds. The summed E-state index contributed by atoms with van der Waals surface area (Å²) in [6.45, 7) is 2.96. The Labute approximate surface area is 103 Å². The summed E-state index contributed by atoms with van der Waals surface area (Å²) in [4.78, 5) is 0. The standard InChI is InChI=1S/C14H22O3/c15-9-5-2-6-10-16-11-12-17-13-14-7-3-1-4-8-14/h1,3-4,7-8,15H,2,5-6,9-13H2. The van der Waals surface area contributed by atoms with E-state index in [0.717, 1.165) is 25.9 Å². The summed E-state index contributed by atoms with van der Waals surface area (Å²) < 4.78 is 10.9. The van der Waals surface area contributed by atoms with E-state index in [-0.39, 0.29) is 6.61 Å². The predicted molar refractivity (Wildman–Crippen MR) is 67.9 cm³/mol. The summed E-state index contributed by atoms with van der Waals surface area (Å²) in [6.07, 6.45) is 2.91. The first-order valence-corrected chi connectivity index (χ1v) is 6.24. The van der Waals surface area contributed by atoms with E-state index in [0.29, 0.717) is 19.8 Å². The number of hydrogen-bond acceptors (Lipinski definition) is 3. The molecule has 1 aromatic rings. The molecule has 1 aromatic carbocycles. The molecule has 1 rings (SSSR count). The van der Waals surface area contributed by atoms with Crippen LogP contribution in [0.25, 0.3) is 0 Å². The lowest BCUT2D eigenvalue weighted by molar-refractivity contribution is 0.0390. The zero-order valence-corrected chi connectivity index (χ0v) is 10.3. The zero-order valence-electron chi connectivity index (χ0n) is 10.3. The average molecular weight is 238 g/mol. The first-order chi connectivity index (χ1) is 8.43. The van der Waals surface area contributed by atoms with E-state index in [1.807, 2.05) is 18.2 Å². The maximum atomic E-state index is 8.59. The number of ether oxygens (including phenoxy) is 2. The van der Waals surface area contributed by atoms with Gasteiger partial charge in [0.2, 0.25) is 0 Å². The Morgan fingerprint density at radius 3 is 2.35 bits per heavy atom. The number of aliphatic hydroxyl groups is 1. The van der Waals surface area contributed by atoms with Crippen molar-refractivity contribution in [3.05, 3.63) is 35.9 Å². The predicted octanol–water partition coefficient (Wildman–Crippen LogP) is 2.38. The summed E-state index contributed by atoms with van der Waals surface area (Å²) in [5.74, 6) is 0. The second kappa shape index (κ2) is 10.3. The Kier molecular flexibility index (Phi) is 8.55. The highest BCUT2D eigenvalue weighted by molar-refractivity contribution is 5.13. The summed E-state index contributed by atoms with van der Waals surface area (Å²) in [5, 5.41) is 8.59. The van der Waals surface area contributed by atoms with Crippen molar-refractivity contribution in [1.82, 2.24) is 0 Å². The maximum Gasteiger partial charge on any atom is 0.0718 e. The molecule has 17 heavy (non-hydrogen) atoms. The van der Waals surface area contributed by atoms with E-state index in [1.54, 1.807) is 0 Å². The van der Waals surface area contributed by atoms with E-state index in [2.05, 4.69) is 12.1 Å². The Morgan fingerprint density at radius 1 is 0.824 bits per heavy atom. The molecule has 0 radical (unpaired) electrons. The molecule has 0 spiro atoms. The van der Waals surface area contributed by atoms with Crippen molar-refractivity contribution in [2.24, 2.45) is 0 Å². The fourth-order valence-electron chi connectivity index (χ4n) is 1.48. The van der Waals surface area contributed by atoms with Gasteiger partial charge < -0.3 is 14.6 Å².